The minimum absolute atomic E-state index is 0.246. The van der Waals surface area contributed by atoms with Crippen molar-refractivity contribution in [1.82, 2.24) is 4.98 Å². The van der Waals surface area contributed by atoms with Gasteiger partial charge < -0.3 is 4.98 Å². The van der Waals surface area contributed by atoms with E-state index in [-0.39, 0.29) is 16.7 Å². The van der Waals surface area contributed by atoms with Crippen molar-refractivity contribution in [1.29, 1.82) is 0 Å². The molecule has 1 fully saturated rings. The van der Waals surface area contributed by atoms with Gasteiger partial charge in [-0.2, -0.15) is 0 Å². The molecule has 3 aromatic rings. The highest BCUT2D eigenvalue weighted by Gasteiger charge is 2.56. The van der Waals surface area contributed by atoms with Crippen LogP contribution in [0.4, 0.5) is 10.1 Å². The van der Waals surface area contributed by atoms with Gasteiger partial charge >= 0.3 is 4.87 Å². The van der Waals surface area contributed by atoms with Crippen molar-refractivity contribution in [3.05, 3.63) is 79.5 Å². The Kier molecular flexibility index (Phi) is 4.38. The number of thiazole rings is 1. The second-order valence-corrected chi connectivity index (χ2v) is 9.39. The summed E-state index contributed by atoms with van der Waals surface area (Å²) >= 11 is 8.16. The minimum Gasteiger partial charge on any atom is -0.307 e. The molecule has 0 spiro atoms. The molecule has 29 heavy (non-hydrogen) atoms. The van der Waals surface area contributed by atoms with Gasteiger partial charge in [0.2, 0.25) is 11.8 Å². The minimum atomic E-state index is -0.687. The molecular formula is C20H12ClFN2O3S2. The highest BCUT2D eigenvalue weighted by atomic mass is 35.5. The van der Waals surface area contributed by atoms with Crippen LogP contribution < -0.4 is 9.77 Å². The smallest absolute Gasteiger partial charge is 0.305 e. The van der Waals surface area contributed by atoms with Gasteiger partial charge in [-0.05, 0) is 42.0 Å². The number of fused-ring (bicyclic) bond motifs is 2. The maximum absolute atomic E-state index is 13.5. The summed E-state index contributed by atoms with van der Waals surface area (Å²) in [5.41, 5.74) is 1.14. The van der Waals surface area contributed by atoms with Crippen molar-refractivity contribution >= 4 is 52.2 Å². The number of nitrogens with zero attached hydrogens (tertiary/aromatic N) is 1. The lowest BCUT2D eigenvalue weighted by molar-refractivity contribution is -0.122. The Morgan fingerprint density at radius 1 is 0.966 bits per heavy atom. The predicted molar refractivity (Wildman–Crippen MR) is 110 cm³/mol. The molecule has 5 nitrogen and oxygen atoms in total. The van der Waals surface area contributed by atoms with Crippen LogP contribution in [0, 0.1) is 11.7 Å². The maximum atomic E-state index is 13.5. The Morgan fingerprint density at radius 2 is 1.66 bits per heavy atom. The number of anilines is 1. The summed E-state index contributed by atoms with van der Waals surface area (Å²) in [6.07, 6.45) is 0. The van der Waals surface area contributed by atoms with Crippen LogP contribution >= 0.6 is 34.7 Å². The lowest BCUT2D eigenvalue weighted by Crippen LogP contribution is -2.32. The Balaban J connectivity index is 1.64. The number of carbonyl (C=O) groups excluding carboxylic acids is 2. The van der Waals surface area contributed by atoms with E-state index in [4.69, 9.17) is 11.6 Å². The molecule has 9 heteroatoms. The first-order valence-electron chi connectivity index (χ1n) is 8.72. The van der Waals surface area contributed by atoms with Crippen molar-refractivity contribution in [2.45, 2.75) is 16.2 Å². The standard InChI is InChI=1S/C20H12ClFN2O3S2/c21-10-3-7-12(8-4-10)24-18(25)14-13(9-1-5-11(22)6-2-9)15-17(23-20(27)29-15)28-16(14)19(24)26/h1-8,13-14,16H,(H,23,27). The summed E-state index contributed by atoms with van der Waals surface area (Å²) < 4.78 is 13.5. The third-order valence-corrected chi connectivity index (χ3v) is 7.79. The third kappa shape index (κ3) is 2.94. The second-order valence-electron chi connectivity index (χ2n) is 6.79. The van der Waals surface area contributed by atoms with Gasteiger partial charge in [-0.25, -0.2) is 9.29 Å². The van der Waals surface area contributed by atoms with Crippen LogP contribution in [0.1, 0.15) is 16.4 Å². The van der Waals surface area contributed by atoms with Crippen LogP contribution in [0.25, 0.3) is 0 Å². The van der Waals surface area contributed by atoms with E-state index in [2.05, 4.69) is 4.98 Å². The van der Waals surface area contributed by atoms with Gasteiger partial charge in [-0.15, -0.1) is 0 Å². The Hall–Kier alpha value is -2.42. The lowest BCUT2D eigenvalue weighted by Gasteiger charge is -2.29. The van der Waals surface area contributed by atoms with Gasteiger partial charge in [0, 0.05) is 15.8 Å². The molecule has 3 atom stereocenters. The van der Waals surface area contributed by atoms with Crippen molar-refractivity contribution in [3.8, 4) is 0 Å². The molecule has 1 saturated heterocycles. The number of hydrogen-bond acceptors (Lipinski definition) is 5. The van der Waals surface area contributed by atoms with Crippen molar-refractivity contribution < 1.29 is 14.0 Å². The van der Waals surface area contributed by atoms with E-state index in [1.54, 1.807) is 36.4 Å². The summed E-state index contributed by atoms with van der Waals surface area (Å²) in [6.45, 7) is 0. The molecule has 0 radical (unpaired) electrons. The number of amides is 2. The van der Waals surface area contributed by atoms with Gasteiger partial charge in [0.1, 0.15) is 11.1 Å². The largest absolute Gasteiger partial charge is 0.307 e. The number of aromatic amines is 1. The average molecular weight is 447 g/mol. The highest BCUT2D eigenvalue weighted by molar-refractivity contribution is 8.00. The van der Waals surface area contributed by atoms with Crippen molar-refractivity contribution in [2.24, 2.45) is 5.92 Å². The van der Waals surface area contributed by atoms with Gasteiger partial charge in [0.15, 0.2) is 0 Å². The first-order chi connectivity index (χ1) is 13.9. The van der Waals surface area contributed by atoms with Crippen LogP contribution in [-0.2, 0) is 9.59 Å². The van der Waals surface area contributed by atoms with Gasteiger partial charge in [0.25, 0.3) is 0 Å². The molecule has 5 rings (SSSR count). The average Bonchev–Trinajstić information content (AvgIpc) is 3.19. The SMILES string of the molecule is O=C1C2Sc3[nH]c(=O)sc3C(c3ccc(F)cc3)C2C(=O)N1c1ccc(Cl)cc1. The van der Waals surface area contributed by atoms with E-state index < -0.39 is 22.9 Å². The molecular weight excluding hydrogens is 435 g/mol. The van der Waals surface area contributed by atoms with E-state index in [1.807, 2.05) is 0 Å². The van der Waals surface area contributed by atoms with E-state index >= 15 is 0 Å². The molecule has 0 aliphatic carbocycles. The fourth-order valence-corrected chi connectivity index (χ4v) is 6.53. The number of carbonyl (C=O) groups is 2. The zero-order valence-corrected chi connectivity index (χ0v) is 17.0. The van der Waals surface area contributed by atoms with E-state index in [0.29, 0.717) is 26.2 Å². The highest BCUT2D eigenvalue weighted by Crippen LogP contribution is 2.53. The topological polar surface area (TPSA) is 70.2 Å². The Morgan fingerprint density at radius 3 is 2.34 bits per heavy atom. The van der Waals surface area contributed by atoms with Gasteiger partial charge in [-0.3, -0.25) is 14.4 Å². The fraction of sp³-hybridized carbons (Fsp3) is 0.150. The molecule has 2 aliphatic rings. The van der Waals surface area contributed by atoms with Crippen LogP contribution in [0.5, 0.6) is 0 Å². The second kappa shape index (κ2) is 6.83. The normalized spacial score (nSPS) is 23.2. The van der Waals surface area contributed by atoms with Gasteiger partial charge in [0.05, 0.1) is 16.6 Å². The lowest BCUT2D eigenvalue weighted by atomic mass is 9.83. The molecule has 2 aromatic carbocycles. The first kappa shape index (κ1) is 18.6. The van der Waals surface area contributed by atoms with Crippen LogP contribution in [0.3, 0.4) is 0 Å². The molecule has 146 valence electrons. The molecule has 3 unspecified atom stereocenters. The fourth-order valence-electron chi connectivity index (χ4n) is 3.89. The number of H-pyrrole nitrogens is 1. The number of aromatic nitrogens is 1. The zero-order valence-electron chi connectivity index (χ0n) is 14.6. The first-order valence-corrected chi connectivity index (χ1v) is 10.8. The van der Waals surface area contributed by atoms with Crippen molar-refractivity contribution in [3.63, 3.8) is 0 Å². The molecule has 1 N–H and O–H groups in total. The molecule has 1 aromatic heterocycles. The molecule has 2 aliphatic heterocycles. The molecule has 2 amide bonds. The summed E-state index contributed by atoms with van der Waals surface area (Å²) in [5, 5.41) is 0.421. The summed E-state index contributed by atoms with van der Waals surface area (Å²) in [6, 6.07) is 12.3. The van der Waals surface area contributed by atoms with Crippen LogP contribution in [0.2, 0.25) is 5.02 Å². The molecule has 0 saturated carbocycles. The number of halogens is 2. The van der Waals surface area contributed by atoms with E-state index in [1.165, 1.54) is 28.8 Å². The number of hydrogen-bond donors (Lipinski definition) is 1. The summed E-state index contributed by atoms with van der Waals surface area (Å²) in [4.78, 5) is 43.0. The monoisotopic (exact) mass is 446 g/mol. The number of thioether (sulfide) groups is 1. The number of imide groups is 1. The Labute approximate surface area is 177 Å². The van der Waals surface area contributed by atoms with Crippen molar-refractivity contribution in [2.75, 3.05) is 4.90 Å². The summed E-state index contributed by atoms with van der Waals surface area (Å²) in [7, 11) is 0. The zero-order chi connectivity index (χ0) is 20.3. The summed E-state index contributed by atoms with van der Waals surface area (Å²) in [5.74, 6) is -2.26. The van der Waals surface area contributed by atoms with E-state index in [0.717, 1.165) is 11.3 Å². The van der Waals surface area contributed by atoms with Crippen LogP contribution in [-0.4, -0.2) is 22.0 Å². The Bertz CT molecular complexity index is 1190. The van der Waals surface area contributed by atoms with Gasteiger partial charge in [-0.1, -0.05) is 46.8 Å². The molecule has 0 bridgehead atoms. The van der Waals surface area contributed by atoms with Crippen LogP contribution in [0.15, 0.2) is 58.4 Å². The predicted octanol–water partition coefficient (Wildman–Crippen LogP) is 4.02. The number of nitrogens with one attached hydrogen (secondary N) is 1. The quantitative estimate of drug-likeness (QED) is 0.603. The number of rotatable bonds is 2. The number of benzene rings is 2. The third-order valence-electron chi connectivity index (χ3n) is 5.14. The van der Waals surface area contributed by atoms with E-state index in [9.17, 15) is 18.8 Å². The molecule has 3 heterocycles. The maximum Gasteiger partial charge on any atom is 0.305 e.